The first-order valence-electron chi connectivity index (χ1n) is 9.54. The summed E-state index contributed by atoms with van der Waals surface area (Å²) < 4.78 is 40.0. The molecule has 2 amide bonds. The van der Waals surface area contributed by atoms with Gasteiger partial charge in [-0.05, 0) is 18.2 Å². The number of hydrogen-bond acceptors (Lipinski definition) is 6. The van der Waals surface area contributed by atoms with Gasteiger partial charge in [-0.25, -0.2) is 9.78 Å². The second kappa shape index (κ2) is 8.63. The highest BCUT2D eigenvalue weighted by molar-refractivity contribution is 7.15. The lowest BCUT2D eigenvalue weighted by Crippen LogP contribution is -2.49. The molecule has 3 aromatic heterocycles. The van der Waals surface area contributed by atoms with Crippen molar-refractivity contribution in [3.8, 4) is 10.6 Å². The van der Waals surface area contributed by atoms with Crippen LogP contribution in [0.3, 0.4) is 0 Å². The summed E-state index contributed by atoms with van der Waals surface area (Å²) in [6.07, 6.45) is 0.0732. The number of halogens is 3. The third-order valence-corrected chi connectivity index (χ3v) is 6.01. The number of anilines is 1. The van der Waals surface area contributed by atoms with E-state index < -0.39 is 11.9 Å². The summed E-state index contributed by atoms with van der Waals surface area (Å²) in [5.74, 6) is 0.407. The van der Waals surface area contributed by atoms with Crippen LogP contribution in [0.4, 0.5) is 23.8 Å². The lowest BCUT2D eigenvalue weighted by Gasteiger charge is -2.34. The van der Waals surface area contributed by atoms with Gasteiger partial charge in [0.25, 0.3) is 0 Å². The first-order chi connectivity index (χ1) is 14.8. The number of aromatic nitrogens is 4. The number of nitrogens with zero attached hydrogens (tertiary/aromatic N) is 6. The quantitative estimate of drug-likeness (QED) is 0.659. The van der Waals surface area contributed by atoms with Crippen molar-refractivity contribution in [2.24, 2.45) is 7.05 Å². The van der Waals surface area contributed by atoms with E-state index in [1.807, 2.05) is 12.1 Å². The van der Waals surface area contributed by atoms with Crippen molar-refractivity contribution >= 4 is 23.2 Å². The molecule has 0 unspecified atom stereocenters. The molecule has 1 N–H and O–H groups in total. The molecule has 0 saturated carbocycles. The molecule has 1 fully saturated rings. The number of nitrogens with one attached hydrogen (secondary N) is 1. The van der Waals surface area contributed by atoms with Crippen LogP contribution in [-0.2, 0) is 19.8 Å². The molecule has 1 saturated heterocycles. The van der Waals surface area contributed by atoms with Gasteiger partial charge in [0, 0.05) is 57.0 Å². The molecule has 8 nitrogen and oxygen atoms in total. The first-order valence-corrected chi connectivity index (χ1v) is 10.4. The summed E-state index contributed by atoms with van der Waals surface area (Å²) in [5.41, 5.74) is -0.454. The minimum Gasteiger partial charge on any atom is -0.322 e. The maximum absolute atomic E-state index is 12.9. The van der Waals surface area contributed by atoms with Crippen molar-refractivity contribution in [3.05, 3.63) is 47.4 Å². The predicted octanol–water partition coefficient (Wildman–Crippen LogP) is 3.31. The molecule has 1 aliphatic rings. The molecule has 0 spiro atoms. The molecule has 12 heteroatoms. The van der Waals surface area contributed by atoms with Crippen LogP contribution in [0.1, 0.15) is 10.6 Å². The van der Waals surface area contributed by atoms with Crippen LogP contribution in [0.15, 0.2) is 36.8 Å². The van der Waals surface area contributed by atoms with Crippen molar-refractivity contribution < 1.29 is 18.0 Å². The Balaban J connectivity index is 1.32. The van der Waals surface area contributed by atoms with Gasteiger partial charge in [0.05, 0.1) is 16.8 Å². The van der Waals surface area contributed by atoms with Crippen molar-refractivity contribution in [3.63, 3.8) is 0 Å². The third kappa shape index (κ3) is 5.02. The van der Waals surface area contributed by atoms with E-state index in [0.29, 0.717) is 44.2 Å². The van der Waals surface area contributed by atoms with Gasteiger partial charge in [-0.1, -0.05) is 0 Å². The lowest BCUT2D eigenvalue weighted by molar-refractivity contribution is -0.141. The number of piperazine rings is 1. The van der Waals surface area contributed by atoms with Crippen LogP contribution in [0.2, 0.25) is 0 Å². The standard InChI is InChI=1S/C19H20F3N7OS/c1-27-14(10-16(26-27)19(20,21)22)15-3-2-13(31-15)12-28-6-8-29(9-7-28)18(30)25-17-11-23-4-5-24-17/h2-5,10-11H,6-9,12H2,1H3,(H,24,25,30). The summed E-state index contributed by atoms with van der Waals surface area (Å²) >= 11 is 1.45. The van der Waals surface area contributed by atoms with Crippen molar-refractivity contribution in [1.29, 1.82) is 0 Å². The smallest absolute Gasteiger partial charge is 0.322 e. The van der Waals surface area contributed by atoms with E-state index in [1.165, 1.54) is 41.7 Å². The summed E-state index contributed by atoms with van der Waals surface area (Å²) in [7, 11) is 1.51. The fourth-order valence-corrected chi connectivity index (χ4v) is 4.42. The molecule has 0 aliphatic carbocycles. The molecule has 4 heterocycles. The fourth-order valence-electron chi connectivity index (χ4n) is 3.32. The Labute approximate surface area is 180 Å². The number of alkyl halides is 3. The number of hydrogen-bond donors (Lipinski definition) is 1. The minimum absolute atomic E-state index is 0.213. The molecule has 164 valence electrons. The normalized spacial score (nSPS) is 15.3. The molecule has 0 radical (unpaired) electrons. The average molecular weight is 451 g/mol. The second-order valence-corrected chi connectivity index (χ2v) is 8.25. The Morgan fingerprint density at radius 2 is 1.97 bits per heavy atom. The Bertz CT molecular complexity index is 1040. The summed E-state index contributed by atoms with van der Waals surface area (Å²) in [5, 5.41) is 6.30. The molecular formula is C19H20F3N7OS. The van der Waals surface area contributed by atoms with Gasteiger partial charge in [0.15, 0.2) is 11.5 Å². The SMILES string of the molecule is Cn1nc(C(F)(F)F)cc1-c1ccc(CN2CCN(C(=O)Nc3cnccn3)CC2)s1. The van der Waals surface area contributed by atoms with Gasteiger partial charge in [-0.2, -0.15) is 18.3 Å². The average Bonchev–Trinajstić information content (AvgIpc) is 3.35. The maximum Gasteiger partial charge on any atom is 0.435 e. The molecule has 0 aromatic carbocycles. The van der Waals surface area contributed by atoms with Gasteiger partial charge >= 0.3 is 12.2 Å². The van der Waals surface area contributed by atoms with E-state index >= 15 is 0 Å². The van der Waals surface area contributed by atoms with Crippen LogP contribution in [0.25, 0.3) is 10.6 Å². The van der Waals surface area contributed by atoms with Crippen LogP contribution in [0.5, 0.6) is 0 Å². The number of carbonyl (C=O) groups is 1. The Hall–Kier alpha value is -2.99. The second-order valence-electron chi connectivity index (χ2n) is 7.09. The monoisotopic (exact) mass is 451 g/mol. The van der Waals surface area contributed by atoms with E-state index in [2.05, 4.69) is 25.3 Å². The van der Waals surface area contributed by atoms with Crippen molar-refractivity contribution in [1.82, 2.24) is 29.5 Å². The van der Waals surface area contributed by atoms with Gasteiger partial charge in [0.1, 0.15) is 0 Å². The lowest BCUT2D eigenvalue weighted by atomic mass is 10.3. The largest absolute Gasteiger partial charge is 0.435 e. The predicted molar refractivity (Wildman–Crippen MR) is 109 cm³/mol. The first kappa shape index (κ1) is 21.2. The molecule has 0 atom stereocenters. The van der Waals surface area contributed by atoms with E-state index in [4.69, 9.17) is 0 Å². The van der Waals surface area contributed by atoms with Gasteiger partial charge in [-0.3, -0.25) is 19.9 Å². The van der Waals surface area contributed by atoms with E-state index in [1.54, 1.807) is 4.90 Å². The fraction of sp³-hybridized carbons (Fsp3) is 0.368. The molecular weight excluding hydrogens is 431 g/mol. The number of aryl methyl sites for hydroxylation is 1. The zero-order valence-electron chi connectivity index (χ0n) is 16.6. The molecule has 3 aromatic rings. The van der Waals surface area contributed by atoms with Crippen LogP contribution >= 0.6 is 11.3 Å². The molecule has 4 rings (SSSR count). The zero-order chi connectivity index (χ0) is 22.0. The van der Waals surface area contributed by atoms with Crippen LogP contribution in [-0.4, -0.2) is 61.8 Å². The number of amides is 2. The van der Waals surface area contributed by atoms with Crippen LogP contribution in [0, 0.1) is 0 Å². The summed E-state index contributed by atoms with van der Waals surface area (Å²) in [4.78, 5) is 26.0. The van der Waals surface area contributed by atoms with Gasteiger partial charge < -0.3 is 4.90 Å². The van der Waals surface area contributed by atoms with Gasteiger partial charge in [-0.15, -0.1) is 11.3 Å². The number of thiophene rings is 1. The van der Waals surface area contributed by atoms with Gasteiger partial charge in [0.2, 0.25) is 0 Å². The highest BCUT2D eigenvalue weighted by Crippen LogP contribution is 2.34. The van der Waals surface area contributed by atoms with Crippen molar-refractivity contribution in [2.45, 2.75) is 12.7 Å². The maximum atomic E-state index is 12.9. The number of urea groups is 1. The molecule has 1 aliphatic heterocycles. The highest BCUT2D eigenvalue weighted by atomic mass is 32.1. The van der Waals surface area contributed by atoms with E-state index in [0.717, 1.165) is 15.8 Å². The Morgan fingerprint density at radius 1 is 1.19 bits per heavy atom. The summed E-state index contributed by atoms with van der Waals surface area (Å²) in [6, 6.07) is 4.61. The molecule has 0 bridgehead atoms. The number of rotatable bonds is 4. The topological polar surface area (TPSA) is 79.2 Å². The third-order valence-electron chi connectivity index (χ3n) is 4.92. The Kier molecular flexibility index (Phi) is 5.92. The van der Waals surface area contributed by atoms with Crippen LogP contribution < -0.4 is 5.32 Å². The zero-order valence-corrected chi connectivity index (χ0v) is 17.4. The summed E-state index contributed by atoms with van der Waals surface area (Å²) in [6.45, 7) is 3.21. The van der Waals surface area contributed by atoms with Crippen molar-refractivity contribution in [2.75, 3.05) is 31.5 Å². The minimum atomic E-state index is -4.46. The number of carbonyl (C=O) groups excluding carboxylic acids is 1. The van der Waals surface area contributed by atoms with E-state index in [9.17, 15) is 18.0 Å². The molecule has 31 heavy (non-hydrogen) atoms. The highest BCUT2D eigenvalue weighted by Gasteiger charge is 2.34. The van der Waals surface area contributed by atoms with E-state index in [-0.39, 0.29) is 6.03 Å². The Morgan fingerprint density at radius 3 is 2.61 bits per heavy atom.